The first-order chi connectivity index (χ1) is 15.5. The van der Waals surface area contributed by atoms with E-state index in [1.807, 2.05) is 12.1 Å². The molecule has 9 heteroatoms. The number of ether oxygens (including phenoxy) is 3. The van der Waals surface area contributed by atoms with Gasteiger partial charge in [-0.1, -0.05) is 35.9 Å². The van der Waals surface area contributed by atoms with Crippen molar-refractivity contribution in [3.05, 3.63) is 70.8 Å². The standard InChI is InChI=1S/C23H23ClN2O6/c24-16-4-1-14(2-5-16)11-25-22(28)10-17-6-7-18(21(12-27)32-17)26-23(29)15-3-8-19-20(9-15)31-13-30-19/h1-9,17-18,21,27H,10-13H2,(H,25,28)(H,26,29)/t17-,18+,21+/m0/s1. The van der Waals surface area contributed by atoms with Crippen molar-refractivity contribution in [3.8, 4) is 11.5 Å². The number of amides is 2. The Balaban J connectivity index is 1.30. The van der Waals surface area contributed by atoms with E-state index in [0.29, 0.717) is 28.6 Å². The van der Waals surface area contributed by atoms with Crippen molar-refractivity contribution in [3.63, 3.8) is 0 Å². The van der Waals surface area contributed by atoms with Crippen LogP contribution in [0, 0.1) is 0 Å². The molecule has 2 aromatic rings. The summed E-state index contributed by atoms with van der Waals surface area (Å²) in [6.07, 6.45) is 2.39. The van der Waals surface area contributed by atoms with Gasteiger partial charge in [0, 0.05) is 17.1 Å². The fourth-order valence-electron chi connectivity index (χ4n) is 3.47. The van der Waals surface area contributed by atoms with E-state index in [4.69, 9.17) is 25.8 Å². The third kappa shape index (κ3) is 5.40. The van der Waals surface area contributed by atoms with Crippen molar-refractivity contribution >= 4 is 23.4 Å². The van der Waals surface area contributed by atoms with Crippen LogP contribution in [0.25, 0.3) is 0 Å². The summed E-state index contributed by atoms with van der Waals surface area (Å²) in [5.74, 6) is 0.581. The summed E-state index contributed by atoms with van der Waals surface area (Å²) in [5.41, 5.74) is 1.34. The quantitative estimate of drug-likeness (QED) is 0.549. The van der Waals surface area contributed by atoms with Gasteiger partial charge < -0.3 is 30.0 Å². The Morgan fingerprint density at radius 3 is 2.62 bits per heavy atom. The molecule has 2 heterocycles. The van der Waals surface area contributed by atoms with Gasteiger partial charge in [0.2, 0.25) is 12.7 Å². The zero-order valence-corrected chi connectivity index (χ0v) is 17.9. The van der Waals surface area contributed by atoms with Gasteiger partial charge in [-0.15, -0.1) is 0 Å². The number of carbonyl (C=O) groups excluding carboxylic acids is 2. The molecule has 32 heavy (non-hydrogen) atoms. The molecule has 0 spiro atoms. The highest BCUT2D eigenvalue weighted by Gasteiger charge is 2.29. The fraction of sp³-hybridized carbons (Fsp3) is 0.304. The largest absolute Gasteiger partial charge is 0.454 e. The van der Waals surface area contributed by atoms with Gasteiger partial charge in [-0.2, -0.15) is 0 Å². The fourth-order valence-corrected chi connectivity index (χ4v) is 3.59. The van der Waals surface area contributed by atoms with Gasteiger partial charge in [-0.05, 0) is 35.9 Å². The molecule has 0 radical (unpaired) electrons. The highest BCUT2D eigenvalue weighted by molar-refractivity contribution is 6.30. The predicted molar refractivity (Wildman–Crippen MR) is 117 cm³/mol. The van der Waals surface area contributed by atoms with Crippen molar-refractivity contribution < 1.29 is 28.9 Å². The van der Waals surface area contributed by atoms with Crippen LogP contribution in [0.3, 0.4) is 0 Å². The van der Waals surface area contributed by atoms with Crippen LogP contribution in [0.4, 0.5) is 0 Å². The first-order valence-corrected chi connectivity index (χ1v) is 10.6. The van der Waals surface area contributed by atoms with Crippen molar-refractivity contribution in [2.45, 2.75) is 31.2 Å². The smallest absolute Gasteiger partial charge is 0.251 e. The molecule has 3 atom stereocenters. The van der Waals surface area contributed by atoms with Crippen LogP contribution in [-0.4, -0.2) is 48.6 Å². The van der Waals surface area contributed by atoms with Crippen LogP contribution in [-0.2, 0) is 16.1 Å². The number of hydrogen-bond donors (Lipinski definition) is 3. The number of fused-ring (bicyclic) bond motifs is 1. The van der Waals surface area contributed by atoms with Crippen LogP contribution >= 0.6 is 11.6 Å². The molecule has 2 amide bonds. The SMILES string of the molecule is O=C(C[C@@H]1C=C[C@@H](NC(=O)c2ccc3c(c2)OCO3)[C@@H](CO)O1)NCc1ccc(Cl)cc1. The molecule has 3 N–H and O–H groups in total. The average Bonchev–Trinajstić information content (AvgIpc) is 3.27. The first-order valence-electron chi connectivity index (χ1n) is 10.2. The van der Waals surface area contributed by atoms with E-state index >= 15 is 0 Å². The summed E-state index contributed by atoms with van der Waals surface area (Å²) in [6, 6.07) is 11.6. The lowest BCUT2D eigenvalue weighted by molar-refractivity contribution is -0.125. The molecule has 0 aromatic heterocycles. The van der Waals surface area contributed by atoms with E-state index in [2.05, 4.69) is 10.6 Å². The van der Waals surface area contributed by atoms with E-state index in [1.54, 1.807) is 42.5 Å². The lowest BCUT2D eigenvalue weighted by Crippen LogP contribution is -2.49. The van der Waals surface area contributed by atoms with Gasteiger partial charge in [0.15, 0.2) is 11.5 Å². The summed E-state index contributed by atoms with van der Waals surface area (Å²) >= 11 is 5.86. The number of hydrogen-bond acceptors (Lipinski definition) is 6. The van der Waals surface area contributed by atoms with Gasteiger partial charge in [-0.3, -0.25) is 9.59 Å². The van der Waals surface area contributed by atoms with Crippen molar-refractivity contribution in [2.75, 3.05) is 13.4 Å². The van der Waals surface area contributed by atoms with Crippen LogP contribution < -0.4 is 20.1 Å². The van der Waals surface area contributed by atoms with E-state index < -0.39 is 18.2 Å². The molecular weight excluding hydrogens is 436 g/mol. The number of benzene rings is 2. The van der Waals surface area contributed by atoms with Crippen LogP contribution in [0.15, 0.2) is 54.6 Å². The minimum absolute atomic E-state index is 0.101. The summed E-state index contributed by atoms with van der Waals surface area (Å²) in [4.78, 5) is 24.9. The third-order valence-electron chi connectivity index (χ3n) is 5.19. The maximum absolute atomic E-state index is 12.6. The van der Waals surface area contributed by atoms with Crippen molar-refractivity contribution in [1.29, 1.82) is 0 Å². The average molecular weight is 459 g/mol. The van der Waals surface area contributed by atoms with Crippen LogP contribution in [0.2, 0.25) is 5.02 Å². The van der Waals surface area contributed by atoms with E-state index in [1.165, 1.54) is 0 Å². The molecule has 168 valence electrons. The number of aliphatic hydroxyl groups is 1. The minimum atomic E-state index is -0.674. The lowest BCUT2D eigenvalue weighted by Gasteiger charge is -2.31. The molecule has 2 aliphatic rings. The number of halogens is 1. The molecule has 2 aliphatic heterocycles. The molecule has 8 nitrogen and oxygen atoms in total. The molecule has 0 bridgehead atoms. The summed E-state index contributed by atoms with van der Waals surface area (Å²) in [6.45, 7) is 0.199. The molecule has 2 aromatic carbocycles. The van der Waals surface area contributed by atoms with Gasteiger partial charge >= 0.3 is 0 Å². The Hall–Kier alpha value is -3.07. The Morgan fingerprint density at radius 2 is 1.84 bits per heavy atom. The number of rotatable bonds is 7. The molecule has 0 saturated heterocycles. The van der Waals surface area contributed by atoms with Crippen molar-refractivity contribution in [1.82, 2.24) is 10.6 Å². The normalized spacial score (nSPS) is 21.2. The van der Waals surface area contributed by atoms with Gasteiger partial charge in [-0.25, -0.2) is 0 Å². The van der Waals surface area contributed by atoms with E-state index in [0.717, 1.165) is 5.56 Å². The summed E-state index contributed by atoms with van der Waals surface area (Å²) in [5, 5.41) is 16.0. The Kier molecular flexibility index (Phi) is 6.94. The lowest BCUT2D eigenvalue weighted by atomic mass is 10.0. The second-order valence-electron chi connectivity index (χ2n) is 7.46. The van der Waals surface area contributed by atoms with Crippen LogP contribution in [0.1, 0.15) is 22.3 Å². The number of aliphatic hydroxyl groups excluding tert-OH is 1. The molecule has 0 aliphatic carbocycles. The van der Waals surface area contributed by atoms with Gasteiger partial charge in [0.05, 0.1) is 25.2 Å². The maximum atomic E-state index is 12.6. The molecule has 0 saturated carbocycles. The molecule has 0 unspecified atom stereocenters. The Bertz CT molecular complexity index is 1010. The first kappa shape index (κ1) is 22.1. The van der Waals surface area contributed by atoms with Gasteiger partial charge in [0.25, 0.3) is 5.91 Å². The highest BCUT2D eigenvalue weighted by atomic mass is 35.5. The Labute approximate surface area is 190 Å². The minimum Gasteiger partial charge on any atom is -0.454 e. The predicted octanol–water partition coefficient (Wildman–Crippen LogP) is 2.19. The van der Waals surface area contributed by atoms with Crippen LogP contribution in [0.5, 0.6) is 11.5 Å². The molecular formula is C23H23ClN2O6. The second-order valence-corrected chi connectivity index (χ2v) is 7.89. The Morgan fingerprint density at radius 1 is 1.06 bits per heavy atom. The number of carbonyl (C=O) groups is 2. The zero-order valence-electron chi connectivity index (χ0n) is 17.1. The van der Waals surface area contributed by atoms with E-state index in [9.17, 15) is 14.7 Å². The number of nitrogens with one attached hydrogen (secondary N) is 2. The van der Waals surface area contributed by atoms with Gasteiger partial charge in [0.1, 0.15) is 6.10 Å². The molecule has 4 rings (SSSR count). The summed E-state index contributed by atoms with van der Waals surface area (Å²) in [7, 11) is 0. The van der Waals surface area contributed by atoms with E-state index in [-0.39, 0.29) is 31.6 Å². The van der Waals surface area contributed by atoms with Crippen molar-refractivity contribution in [2.24, 2.45) is 0 Å². The second kappa shape index (κ2) is 10.0. The topological polar surface area (TPSA) is 106 Å². The molecule has 0 fully saturated rings. The monoisotopic (exact) mass is 458 g/mol. The highest BCUT2D eigenvalue weighted by Crippen LogP contribution is 2.32. The zero-order chi connectivity index (χ0) is 22.5. The maximum Gasteiger partial charge on any atom is 0.251 e. The summed E-state index contributed by atoms with van der Waals surface area (Å²) < 4.78 is 16.4. The third-order valence-corrected chi connectivity index (χ3v) is 5.44.